The summed E-state index contributed by atoms with van der Waals surface area (Å²) in [5, 5.41) is 12.5. The van der Waals surface area contributed by atoms with Gasteiger partial charge in [0.05, 0.1) is 10.7 Å². The number of aliphatic hydroxyl groups is 1. The molecule has 1 rings (SSSR count). The zero-order valence-electron chi connectivity index (χ0n) is 7.09. The molecule has 0 saturated heterocycles. The lowest BCUT2D eigenvalue weighted by Crippen LogP contribution is -2.15. The quantitative estimate of drug-likeness (QED) is 0.737. The molecule has 0 amide bonds. The van der Waals surface area contributed by atoms with Crippen LogP contribution in [-0.2, 0) is 12.0 Å². The summed E-state index contributed by atoms with van der Waals surface area (Å²) < 4.78 is 0. The zero-order chi connectivity index (χ0) is 8.48. The first-order chi connectivity index (χ1) is 5.04. The summed E-state index contributed by atoms with van der Waals surface area (Å²) in [6.07, 6.45) is 0.945. The molecule has 0 atom stereocenters. The number of aryl methyl sites for hydroxylation is 1. The van der Waals surface area contributed by atoms with Crippen molar-refractivity contribution in [3.8, 4) is 0 Å². The van der Waals surface area contributed by atoms with Crippen molar-refractivity contribution < 1.29 is 5.11 Å². The Balaban J connectivity index is 2.89. The molecule has 0 aliphatic heterocycles. The summed E-state index contributed by atoms with van der Waals surface area (Å²) in [4.78, 5) is 4.27. The molecule has 0 fully saturated rings. The van der Waals surface area contributed by atoms with Crippen LogP contribution in [0.15, 0.2) is 5.38 Å². The van der Waals surface area contributed by atoms with Gasteiger partial charge in [-0.25, -0.2) is 4.98 Å². The molecule has 0 radical (unpaired) electrons. The van der Waals surface area contributed by atoms with Crippen LogP contribution < -0.4 is 0 Å². The number of rotatable bonds is 2. The minimum atomic E-state index is -0.788. The topological polar surface area (TPSA) is 33.1 Å². The second kappa shape index (κ2) is 2.91. The molecule has 0 bridgehead atoms. The number of hydrogen-bond donors (Lipinski definition) is 1. The van der Waals surface area contributed by atoms with Crippen molar-refractivity contribution in [2.45, 2.75) is 32.8 Å². The van der Waals surface area contributed by atoms with Crippen LogP contribution >= 0.6 is 11.3 Å². The molecule has 2 nitrogen and oxygen atoms in total. The van der Waals surface area contributed by atoms with Crippen LogP contribution in [0.2, 0.25) is 0 Å². The van der Waals surface area contributed by atoms with Crippen LogP contribution in [0.25, 0.3) is 0 Å². The lowest BCUT2D eigenvalue weighted by molar-refractivity contribution is 0.0744. The fraction of sp³-hybridized carbons (Fsp3) is 0.625. The lowest BCUT2D eigenvalue weighted by atomic mass is 10.1. The van der Waals surface area contributed by atoms with Crippen LogP contribution in [0.1, 0.15) is 31.5 Å². The zero-order valence-corrected chi connectivity index (χ0v) is 7.90. The van der Waals surface area contributed by atoms with Crippen molar-refractivity contribution in [2.24, 2.45) is 0 Å². The van der Waals surface area contributed by atoms with E-state index in [1.165, 1.54) is 0 Å². The third kappa shape index (κ3) is 2.01. The maximum absolute atomic E-state index is 9.54. The van der Waals surface area contributed by atoms with Gasteiger partial charge >= 0.3 is 0 Å². The molecule has 3 heteroatoms. The Hall–Kier alpha value is -0.410. The maximum atomic E-state index is 9.54. The summed E-state index contributed by atoms with van der Waals surface area (Å²) in [7, 11) is 0. The number of hydrogen-bond acceptors (Lipinski definition) is 3. The molecule has 0 aliphatic carbocycles. The van der Waals surface area contributed by atoms with Gasteiger partial charge in [0, 0.05) is 5.38 Å². The van der Waals surface area contributed by atoms with E-state index < -0.39 is 5.60 Å². The summed E-state index contributed by atoms with van der Waals surface area (Å²) >= 11 is 1.61. The fourth-order valence-corrected chi connectivity index (χ4v) is 1.66. The largest absolute Gasteiger partial charge is 0.384 e. The number of nitrogens with zero attached hydrogens (tertiary/aromatic N) is 1. The molecule has 0 aromatic carbocycles. The summed E-state index contributed by atoms with van der Waals surface area (Å²) in [6, 6.07) is 0. The van der Waals surface area contributed by atoms with Gasteiger partial charge in [-0.3, -0.25) is 0 Å². The van der Waals surface area contributed by atoms with Crippen LogP contribution in [-0.4, -0.2) is 10.1 Å². The number of thiazole rings is 1. The second-order valence-corrected chi connectivity index (χ2v) is 3.98. The summed E-state index contributed by atoms with van der Waals surface area (Å²) in [6.45, 7) is 5.57. The Morgan fingerprint density at radius 1 is 1.64 bits per heavy atom. The Morgan fingerprint density at radius 2 is 2.27 bits per heavy atom. The highest BCUT2D eigenvalue weighted by Gasteiger charge is 2.18. The Bertz CT molecular complexity index is 236. The molecule has 1 aromatic heterocycles. The first-order valence-corrected chi connectivity index (χ1v) is 4.59. The SMILES string of the molecule is CCc1nc(C(C)(C)O)cs1. The van der Waals surface area contributed by atoms with Crippen molar-refractivity contribution in [1.29, 1.82) is 0 Å². The lowest BCUT2D eigenvalue weighted by Gasteiger charge is -2.12. The van der Waals surface area contributed by atoms with E-state index in [9.17, 15) is 5.11 Å². The molecule has 1 heterocycles. The molecule has 62 valence electrons. The smallest absolute Gasteiger partial charge is 0.102 e. The van der Waals surface area contributed by atoms with Gasteiger partial charge in [0.15, 0.2) is 0 Å². The Kier molecular flexibility index (Phi) is 2.30. The predicted octanol–water partition coefficient (Wildman–Crippen LogP) is 1.93. The van der Waals surface area contributed by atoms with Gasteiger partial charge in [0.2, 0.25) is 0 Å². The maximum Gasteiger partial charge on any atom is 0.102 e. The predicted molar refractivity (Wildman–Crippen MR) is 46.7 cm³/mol. The van der Waals surface area contributed by atoms with Gasteiger partial charge in [-0.15, -0.1) is 11.3 Å². The van der Waals surface area contributed by atoms with Crippen molar-refractivity contribution in [3.05, 3.63) is 16.1 Å². The third-order valence-electron chi connectivity index (χ3n) is 1.48. The van der Waals surface area contributed by atoms with Gasteiger partial charge in [0.1, 0.15) is 5.60 Å². The van der Waals surface area contributed by atoms with E-state index in [1.54, 1.807) is 25.2 Å². The highest BCUT2D eigenvalue weighted by molar-refractivity contribution is 7.09. The molecule has 0 saturated carbocycles. The van der Waals surface area contributed by atoms with Crippen LogP contribution in [0.5, 0.6) is 0 Å². The minimum absolute atomic E-state index is 0.777. The van der Waals surface area contributed by atoms with E-state index in [2.05, 4.69) is 11.9 Å². The molecule has 1 N–H and O–H groups in total. The van der Waals surface area contributed by atoms with Crippen LogP contribution in [0.3, 0.4) is 0 Å². The van der Waals surface area contributed by atoms with E-state index in [1.807, 2.05) is 5.38 Å². The van der Waals surface area contributed by atoms with Crippen molar-refractivity contribution in [2.75, 3.05) is 0 Å². The van der Waals surface area contributed by atoms with Crippen molar-refractivity contribution in [1.82, 2.24) is 4.98 Å². The molecular formula is C8H13NOS. The molecule has 0 aliphatic rings. The van der Waals surface area contributed by atoms with E-state index in [-0.39, 0.29) is 0 Å². The monoisotopic (exact) mass is 171 g/mol. The van der Waals surface area contributed by atoms with E-state index >= 15 is 0 Å². The molecule has 0 spiro atoms. The molecule has 0 unspecified atom stereocenters. The van der Waals surface area contributed by atoms with Crippen LogP contribution in [0, 0.1) is 0 Å². The van der Waals surface area contributed by atoms with Gasteiger partial charge in [-0.2, -0.15) is 0 Å². The van der Waals surface area contributed by atoms with E-state index in [4.69, 9.17) is 0 Å². The average molecular weight is 171 g/mol. The normalized spacial score (nSPS) is 12.0. The Morgan fingerprint density at radius 3 is 2.55 bits per heavy atom. The van der Waals surface area contributed by atoms with Crippen LogP contribution in [0.4, 0.5) is 0 Å². The molecule has 1 aromatic rings. The second-order valence-electron chi connectivity index (χ2n) is 3.04. The van der Waals surface area contributed by atoms with Gasteiger partial charge < -0.3 is 5.11 Å². The third-order valence-corrected chi connectivity index (χ3v) is 2.47. The van der Waals surface area contributed by atoms with Gasteiger partial charge in [-0.05, 0) is 20.3 Å². The average Bonchev–Trinajstić information content (AvgIpc) is 2.32. The minimum Gasteiger partial charge on any atom is -0.384 e. The first kappa shape index (κ1) is 8.68. The molecular weight excluding hydrogens is 158 g/mol. The van der Waals surface area contributed by atoms with Gasteiger partial charge in [-0.1, -0.05) is 6.92 Å². The summed E-state index contributed by atoms with van der Waals surface area (Å²) in [5.41, 5.74) is -0.0106. The number of aromatic nitrogens is 1. The first-order valence-electron chi connectivity index (χ1n) is 3.71. The van der Waals surface area contributed by atoms with Gasteiger partial charge in [0.25, 0.3) is 0 Å². The highest BCUT2D eigenvalue weighted by atomic mass is 32.1. The standard InChI is InChI=1S/C8H13NOS/c1-4-7-9-6(5-11-7)8(2,3)10/h5,10H,4H2,1-3H3. The Labute approximate surface area is 70.9 Å². The highest BCUT2D eigenvalue weighted by Crippen LogP contribution is 2.21. The molecule has 11 heavy (non-hydrogen) atoms. The fourth-order valence-electron chi connectivity index (χ4n) is 0.754. The van der Waals surface area contributed by atoms with E-state index in [0.717, 1.165) is 17.1 Å². The van der Waals surface area contributed by atoms with Crippen molar-refractivity contribution >= 4 is 11.3 Å². The summed E-state index contributed by atoms with van der Waals surface area (Å²) in [5.74, 6) is 0. The van der Waals surface area contributed by atoms with Crippen molar-refractivity contribution in [3.63, 3.8) is 0 Å². The van der Waals surface area contributed by atoms with E-state index in [0.29, 0.717) is 0 Å².